The Morgan fingerprint density at radius 1 is 1.21 bits per heavy atom. The van der Waals surface area contributed by atoms with Gasteiger partial charge in [-0.2, -0.15) is 0 Å². The molecule has 0 spiro atoms. The van der Waals surface area contributed by atoms with E-state index in [0.717, 1.165) is 30.4 Å². The summed E-state index contributed by atoms with van der Waals surface area (Å²) in [5.41, 5.74) is 1.08. The van der Waals surface area contributed by atoms with Gasteiger partial charge in [-0.1, -0.05) is 32.8 Å². The highest BCUT2D eigenvalue weighted by Gasteiger charge is 2.05. The first-order chi connectivity index (χ1) is 11.8. The Morgan fingerprint density at radius 2 is 2.04 bits per heavy atom. The van der Waals surface area contributed by atoms with Crippen molar-refractivity contribution in [2.45, 2.75) is 40.2 Å². The fourth-order valence-corrected chi connectivity index (χ4v) is 2.39. The Bertz CT molecular complexity index is 599. The van der Waals surface area contributed by atoms with Gasteiger partial charge in [-0.3, -0.25) is 4.57 Å². The summed E-state index contributed by atoms with van der Waals surface area (Å²) in [5.74, 6) is 2.41. The molecule has 0 amide bonds. The van der Waals surface area contributed by atoms with Gasteiger partial charge in [-0.05, 0) is 24.5 Å². The Labute approximate surface area is 144 Å². The zero-order chi connectivity index (χ0) is 17.2. The molecule has 0 aliphatic heterocycles. The molecule has 0 saturated heterocycles. The van der Waals surface area contributed by atoms with E-state index in [4.69, 9.17) is 0 Å². The molecule has 0 aromatic carbocycles. The number of nitrogens with zero attached hydrogens (tertiary/aromatic N) is 4. The maximum absolute atomic E-state index is 4.65. The van der Waals surface area contributed by atoms with E-state index >= 15 is 0 Å². The highest BCUT2D eigenvalue weighted by Crippen LogP contribution is 2.07. The van der Waals surface area contributed by atoms with Crippen LogP contribution in [0.15, 0.2) is 42.0 Å². The first-order valence-corrected chi connectivity index (χ1v) is 8.72. The van der Waals surface area contributed by atoms with Crippen LogP contribution >= 0.6 is 0 Å². The molecule has 0 saturated carbocycles. The minimum atomic E-state index is 0.607. The molecule has 0 bridgehead atoms. The summed E-state index contributed by atoms with van der Waals surface area (Å²) in [7, 11) is 0. The van der Waals surface area contributed by atoms with Gasteiger partial charge in [0.15, 0.2) is 5.96 Å². The Balaban J connectivity index is 1.95. The molecule has 2 aromatic heterocycles. The van der Waals surface area contributed by atoms with Crippen molar-refractivity contribution in [1.82, 2.24) is 25.2 Å². The molecule has 0 fully saturated rings. The summed E-state index contributed by atoms with van der Waals surface area (Å²) in [5, 5.41) is 6.73. The van der Waals surface area contributed by atoms with Crippen molar-refractivity contribution in [3.8, 4) is 5.82 Å². The molecule has 0 radical (unpaired) electrons. The maximum atomic E-state index is 4.65. The van der Waals surface area contributed by atoms with Gasteiger partial charge < -0.3 is 10.6 Å². The Hall–Kier alpha value is -2.37. The standard InChI is InChI=1S/C18H28N6/c1-4-15(5-2)11-22-18(20-6-3)23-13-16-7-8-17(21-12-16)24-10-9-19-14-24/h7-10,12,14-15H,4-6,11,13H2,1-3H3,(H2,20,22,23). The summed E-state index contributed by atoms with van der Waals surface area (Å²) in [4.78, 5) is 13.1. The quantitative estimate of drug-likeness (QED) is 0.577. The molecule has 24 heavy (non-hydrogen) atoms. The molecule has 2 N–H and O–H groups in total. The van der Waals surface area contributed by atoms with Gasteiger partial charge in [-0.15, -0.1) is 0 Å². The smallest absolute Gasteiger partial charge is 0.191 e. The molecule has 0 aliphatic carbocycles. The molecule has 130 valence electrons. The second-order valence-corrected chi connectivity index (χ2v) is 5.75. The third kappa shape index (κ3) is 5.37. The minimum Gasteiger partial charge on any atom is -0.357 e. The number of guanidine groups is 1. The summed E-state index contributed by atoms with van der Waals surface area (Å²) in [6.07, 6.45) is 9.60. The van der Waals surface area contributed by atoms with E-state index in [1.807, 2.05) is 23.0 Å². The number of nitrogens with one attached hydrogen (secondary N) is 2. The SMILES string of the molecule is CCNC(=NCc1ccc(-n2ccnc2)nc1)NCC(CC)CC. The molecule has 0 atom stereocenters. The zero-order valence-corrected chi connectivity index (χ0v) is 14.9. The third-order valence-corrected chi connectivity index (χ3v) is 4.05. The molecule has 2 rings (SSSR count). The lowest BCUT2D eigenvalue weighted by Gasteiger charge is -2.16. The van der Waals surface area contributed by atoms with Gasteiger partial charge in [0.25, 0.3) is 0 Å². The number of imidazole rings is 1. The van der Waals surface area contributed by atoms with E-state index in [1.165, 1.54) is 12.8 Å². The van der Waals surface area contributed by atoms with Gasteiger partial charge in [0.05, 0.1) is 6.54 Å². The van der Waals surface area contributed by atoms with Gasteiger partial charge in [0, 0.05) is 31.7 Å². The molecular weight excluding hydrogens is 300 g/mol. The second-order valence-electron chi connectivity index (χ2n) is 5.75. The summed E-state index contributed by atoms with van der Waals surface area (Å²) < 4.78 is 1.88. The summed E-state index contributed by atoms with van der Waals surface area (Å²) >= 11 is 0. The van der Waals surface area contributed by atoms with Gasteiger partial charge in [-0.25, -0.2) is 15.0 Å². The van der Waals surface area contributed by atoms with Crippen LogP contribution in [0, 0.1) is 5.92 Å². The van der Waals surface area contributed by atoms with Crippen LogP contribution in [0.4, 0.5) is 0 Å². The predicted octanol–water partition coefficient (Wildman–Crippen LogP) is 2.76. The van der Waals surface area contributed by atoms with Gasteiger partial charge in [0.2, 0.25) is 0 Å². The van der Waals surface area contributed by atoms with E-state index in [9.17, 15) is 0 Å². The fraction of sp³-hybridized carbons (Fsp3) is 0.500. The molecule has 0 unspecified atom stereocenters. The molecular formula is C18H28N6. The van der Waals surface area contributed by atoms with E-state index in [-0.39, 0.29) is 0 Å². The number of pyridine rings is 1. The molecule has 2 aromatic rings. The number of hydrogen-bond donors (Lipinski definition) is 2. The van der Waals surface area contributed by atoms with E-state index in [2.05, 4.69) is 52.4 Å². The summed E-state index contributed by atoms with van der Waals surface area (Å²) in [6.45, 7) is 8.95. The largest absolute Gasteiger partial charge is 0.357 e. The third-order valence-electron chi connectivity index (χ3n) is 4.05. The van der Waals surface area contributed by atoms with Crippen LogP contribution in [0.1, 0.15) is 39.2 Å². The van der Waals surface area contributed by atoms with Crippen molar-refractivity contribution in [2.24, 2.45) is 10.9 Å². The Kier molecular flexibility index (Phi) is 7.26. The highest BCUT2D eigenvalue weighted by atomic mass is 15.2. The van der Waals surface area contributed by atoms with Crippen LogP contribution in [0.2, 0.25) is 0 Å². The van der Waals surface area contributed by atoms with Crippen molar-refractivity contribution >= 4 is 5.96 Å². The first-order valence-electron chi connectivity index (χ1n) is 8.72. The van der Waals surface area contributed by atoms with Crippen molar-refractivity contribution < 1.29 is 0 Å². The minimum absolute atomic E-state index is 0.607. The molecule has 2 heterocycles. The lowest BCUT2D eigenvalue weighted by atomic mass is 10.0. The average molecular weight is 328 g/mol. The van der Waals surface area contributed by atoms with Crippen molar-refractivity contribution in [3.05, 3.63) is 42.6 Å². The predicted molar refractivity (Wildman–Crippen MR) is 98.2 cm³/mol. The maximum Gasteiger partial charge on any atom is 0.191 e. The number of rotatable bonds is 8. The number of hydrogen-bond acceptors (Lipinski definition) is 3. The Morgan fingerprint density at radius 3 is 2.62 bits per heavy atom. The van der Waals surface area contributed by atoms with E-state index < -0.39 is 0 Å². The fourth-order valence-electron chi connectivity index (χ4n) is 2.39. The first kappa shape index (κ1) is 18.0. The van der Waals surface area contributed by atoms with Crippen LogP contribution in [0.5, 0.6) is 0 Å². The average Bonchev–Trinajstić information content (AvgIpc) is 3.15. The highest BCUT2D eigenvalue weighted by molar-refractivity contribution is 5.79. The topological polar surface area (TPSA) is 67.1 Å². The molecule has 6 nitrogen and oxygen atoms in total. The zero-order valence-electron chi connectivity index (χ0n) is 14.9. The van der Waals surface area contributed by atoms with Crippen molar-refractivity contribution in [1.29, 1.82) is 0 Å². The monoisotopic (exact) mass is 328 g/mol. The van der Waals surface area contributed by atoms with E-state index in [0.29, 0.717) is 12.5 Å². The lowest BCUT2D eigenvalue weighted by molar-refractivity contribution is 0.481. The van der Waals surface area contributed by atoms with Crippen LogP contribution in [-0.4, -0.2) is 33.6 Å². The van der Waals surface area contributed by atoms with Crippen LogP contribution < -0.4 is 10.6 Å². The number of aliphatic imine (C=N–C) groups is 1. The van der Waals surface area contributed by atoms with E-state index in [1.54, 1.807) is 12.5 Å². The van der Waals surface area contributed by atoms with Crippen LogP contribution in [0.3, 0.4) is 0 Å². The molecule has 6 heteroatoms. The molecule has 0 aliphatic rings. The summed E-state index contributed by atoms with van der Waals surface area (Å²) in [6, 6.07) is 4.04. The van der Waals surface area contributed by atoms with Crippen molar-refractivity contribution in [2.75, 3.05) is 13.1 Å². The second kappa shape index (κ2) is 9.70. The van der Waals surface area contributed by atoms with Gasteiger partial charge in [0.1, 0.15) is 12.1 Å². The van der Waals surface area contributed by atoms with Crippen LogP contribution in [-0.2, 0) is 6.54 Å². The normalized spacial score (nSPS) is 11.8. The van der Waals surface area contributed by atoms with Crippen molar-refractivity contribution in [3.63, 3.8) is 0 Å². The van der Waals surface area contributed by atoms with Crippen LogP contribution in [0.25, 0.3) is 5.82 Å². The number of aromatic nitrogens is 3. The van der Waals surface area contributed by atoms with Gasteiger partial charge >= 0.3 is 0 Å². The lowest BCUT2D eigenvalue weighted by Crippen LogP contribution is -2.39.